The Bertz CT molecular complexity index is 491. The molecule has 0 aliphatic carbocycles. The van der Waals surface area contributed by atoms with E-state index in [1.807, 2.05) is 23.1 Å². The smallest absolute Gasteiger partial charge is 0.0893 e. The van der Waals surface area contributed by atoms with Crippen LogP contribution < -0.4 is 11.3 Å². The van der Waals surface area contributed by atoms with E-state index < -0.39 is 0 Å². The number of nitrogens with one attached hydrogen (secondary N) is 1. The molecule has 0 fully saturated rings. The van der Waals surface area contributed by atoms with Crippen LogP contribution in [0.1, 0.15) is 44.7 Å². The van der Waals surface area contributed by atoms with Gasteiger partial charge in [0.15, 0.2) is 0 Å². The van der Waals surface area contributed by atoms with Crippen molar-refractivity contribution in [2.45, 2.75) is 39.2 Å². The molecule has 0 aliphatic rings. The number of nitrogens with two attached hydrogens (primary N) is 1. The Morgan fingerprint density at radius 1 is 1.33 bits per heavy atom. The van der Waals surface area contributed by atoms with Gasteiger partial charge in [-0.3, -0.25) is 16.3 Å². The van der Waals surface area contributed by atoms with Crippen molar-refractivity contribution < 1.29 is 0 Å². The standard InChI is InChI=1S/C13H21N5/c1-10(2)4-3-5-12(17-14)11-8-16-18-7-6-15-9-13(11)18/h6-10,12,17H,3-5,14H2,1-2H3. The summed E-state index contributed by atoms with van der Waals surface area (Å²) in [5.41, 5.74) is 5.03. The van der Waals surface area contributed by atoms with Crippen LogP contribution in [0, 0.1) is 5.92 Å². The van der Waals surface area contributed by atoms with Gasteiger partial charge in [0.2, 0.25) is 0 Å². The van der Waals surface area contributed by atoms with E-state index in [-0.39, 0.29) is 6.04 Å². The normalized spacial score (nSPS) is 13.3. The summed E-state index contributed by atoms with van der Waals surface area (Å²) in [6, 6.07) is 0.144. The molecule has 0 saturated carbocycles. The first-order chi connectivity index (χ1) is 8.72. The van der Waals surface area contributed by atoms with Crippen LogP contribution in [0.4, 0.5) is 0 Å². The molecular formula is C13H21N5. The number of hydrogen-bond donors (Lipinski definition) is 2. The zero-order valence-corrected chi connectivity index (χ0v) is 11.0. The van der Waals surface area contributed by atoms with Crippen molar-refractivity contribution in [2.24, 2.45) is 11.8 Å². The first kappa shape index (κ1) is 13.0. The molecule has 0 saturated heterocycles. The maximum absolute atomic E-state index is 5.66. The van der Waals surface area contributed by atoms with Gasteiger partial charge in [0.1, 0.15) is 0 Å². The number of rotatable bonds is 6. The quantitative estimate of drug-likeness (QED) is 0.605. The third-order valence-corrected chi connectivity index (χ3v) is 3.21. The topological polar surface area (TPSA) is 68.2 Å². The third-order valence-electron chi connectivity index (χ3n) is 3.21. The number of fused-ring (bicyclic) bond motifs is 1. The zero-order valence-electron chi connectivity index (χ0n) is 11.0. The van der Waals surface area contributed by atoms with Crippen LogP contribution in [0.25, 0.3) is 5.52 Å². The Morgan fingerprint density at radius 3 is 2.89 bits per heavy atom. The maximum Gasteiger partial charge on any atom is 0.0893 e. The van der Waals surface area contributed by atoms with Gasteiger partial charge in [-0.2, -0.15) is 5.10 Å². The fourth-order valence-corrected chi connectivity index (χ4v) is 2.18. The molecule has 5 nitrogen and oxygen atoms in total. The van der Waals surface area contributed by atoms with Crippen LogP contribution >= 0.6 is 0 Å². The summed E-state index contributed by atoms with van der Waals surface area (Å²) >= 11 is 0. The van der Waals surface area contributed by atoms with Gasteiger partial charge in [0.05, 0.1) is 17.9 Å². The highest BCUT2D eigenvalue weighted by molar-refractivity contribution is 5.53. The zero-order chi connectivity index (χ0) is 13.0. The number of aromatic nitrogens is 3. The second kappa shape index (κ2) is 5.93. The Balaban J connectivity index is 2.12. The van der Waals surface area contributed by atoms with Crippen molar-refractivity contribution >= 4 is 5.52 Å². The lowest BCUT2D eigenvalue weighted by Gasteiger charge is -2.15. The highest BCUT2D eigenvalue weighted by Gasteiger charge is 2.15. The van der Waals surface area contributed by atoms with Crippen LogP contribution in [0.5, 0.6) is 0 Å². The number of nitrogens with zero attached hydrogens (tertiary/aromatic N) is 3. The fraction of sp³-hybridized carbons (Fsp3) is 0.538. The van der Waals surface area contributed by atoms with Crippen molar-refractivity contribution in [1.82, 2.24) is 20.0 Å². The lowest BCUT2D eigenvalue weighted by Crippen LogP contribution is -2.28. The van der Waals surface area contributed by atoms with Crippen LogP contribution in [-0.4, -0.2) is 14.6 Å². The second-order valence-electron chi connectivity index (χ2n) is 5.05. The average Bonchev–Trinajstić information content (AvgIpc) is 2.78. The van der Waals surface area contributed by atoms with E-state index in [1.165, 1.54) is 6.42 Å². The highest BCUT2D eigenvalue weighted by Crippen LogP contribution is 2.23. The lowest BCUT2D eigenvalue weighted by atomic mass is 9.99. The summed E-state index contributed by atoms with van der Waals surface area (Å²) in [5, 5.41) is 4.31. The molecule has 5 heteroatoms. The van der Waals surface area contributed by atoms with Crippen molar-refractivity contribution in [3.63, 3.8) is 0 Å². The van der Waals surface area contributed by atoms with Gasteiger partial charge in [-0.25, -0.2) is 4.52 Å². The first-order valence-corrected chi connectivity index (χ1v) is 6.45. The summed E-state index contributed by atoms with van der Waals surface area (Å²) in [4.78, 5) is 4.14. The van der Waals surface area contributed by atoms with Gasteiger partial charge in [-0.15, -0.1) is 0 Å². The highest BCUT2D eigenvalue weighted by atomic mass is 15.3. The third kappa shape index (κ3) is 2.86. The summed E-state index contributed by atoms with van der Waals surface area (Å²) in [6.07, 6.45) is 10.7. The van der Waals surface area contributed by atoms with Gasteiger partial charge in [0, 0.05) is 24.0 Å². The average molecular weight is 247 g/mol. The maximum atomic E-state index is 5.66. The molecular weight excluding hydrogens is 226 g/mol. The van der Waals surface area contributed by atoms with Gasteiger partial charge in [-0.05, 0) is 12.3 Å². The van der Waals surface area contributed by atoms with Crippen LogP contribution in [-0.2, 0) is 0 Å². The van der Waals surface area contributed by atoms with E-state index in [9.17, 15) is 0 Å². The Hall–Kier alpha value is -1.46. The molecule has 3 N–H and O–H groups in total. The minimum Gasteiger partial charge on any atom is -0.271 e. The van der Waals surface area contributed by atoms with Crippen molar-refractivity contribution in [2.75, 3.05) is 0 Å². The largest absolute Gasteiger partial charge is 0.271 e. The molecule has 2 aromatic heterocycles. The molecule has 0 aromatic carbocycles. The number of hydrazine groups is 1. The summed E-state index contributed by atoms with van der Waals surface area (Å²) in [7, 11) is 0. The van der Waals surface area contributed by atoms with E-state index in [2.05, 4.69) is 29.4 Å². The summed E-state index contributed by atoms with van der Waals surface area (Å²) in [5.74, 6) is 6.39. The molecule has 18 heavy (non-hydrogen) atoms. The van der Waals surface area contributed by atoms with E-state index in [0.717, 1.165) is 29.8 Å². The monoisotopic (exact) mass is 247 g/mol. The molecule has 2 heterocycles. The van der Waals surface area contributed by atoms with Crippen LogP contribution in [0.15, 0.2) is 24.8 Å². The fourth-order valence-electron chi connectivity index (χ4n) is 2.18. The van der Waals surface area contributed by atoms with Crippen molar-refractivity contribution in [3.8, 4) is 0 Å². The van der Waals surface area contributed by atoms with Gasteiger partial charge < -0.3 is 0 Å². The predicted molar refractivity (Wildman–Crippen MR) is 71.7 cm³/mol. The van der Waals surface area contributed by atoms with Gasteiger partial charge in [-0.1, -0.05) is 26.7 Å². The Labute approximate surface area is 107 Å². The van der Waals surface area contributed by atoms with Crippen LogP contribution in [0.2, 0.25) is 0 Å². The predicted octanol–water partition coefficient (Wildman–Crippen LogP) is 2.06. The molecule has 1 unspecified atom stereocenters. The lowest BCUT2D eigenvalue weighted by molar-refractivity contribution is 0.457. The molecule has 2 rings (SSSR count). The molecule has 0 amide bonds. The van der Waals surface area contributed by atoms with E-state index in [4.69, 9.17) is 5.84 Å². The summed E-state index contributed by atoms with van der Waals surface area (Å²) < 4.78 is 1.83. The van der Waals surface area contributed by atoms with Crippen LogP contribution in [0.3, 0.4) is 0 Å². The Morgan fingerprint density at radius 2 is 2.17 bits per heavy atom. The minimum absolute atomic E-state index is 0.144. The van der Waals surface area contributed by atoms with E-state index in [0.29, 0.717) is 0 Å². The Kier molecular flexibility index (Phi) is 4.28. The minimum atomic E-state index is 0.144. The number of hydrogen-bond acceptors (Lipinski definition) is 4. The molecule has 0 aliphatic heterocycles. The molecule has 0 spiro atoms. The molecule has 0 bridgehead atoms. The first-order valence-electron chi connectivity index (χ1n) is 6.45. The second-order valence-corrected chi connectivity index (χ2v) is 5.05. The van der Waals surface area contributed by atoms with Gasteiger partial charge >= 0.3 is 0 Å². The van der Waals surface area contributed by atoms with E-state index >= 15 is 0 Å². The van der Waals surface area contributed by atoms with E-state index in [1.54, 1.807) is 6.20 Å². The molecule has 98 valence electrons. The molecule has 0 radical (unpaired) electrons. The molecule has 2 aromatic rings. The SMILES string of the molecule is CC(C)CCCC(NN)c1cnn2ccncc12. The summed E-state index contributed by atoms with van der Waals surface area (Å²) in [6.45, 7) is 4.48. The molecule has 1 atom stereocenters. The van der Waals surface area contributed by atoms with Crippen molar-refractivity contribution in [1.29, 1.82) is 0 Å². The van der Waals surface area contributed by atoms with Gasteiger partial charge in [0.25, 0.3) is 0 Å². The van der Waals surface area contributed by atoms with Crippen molar-refractivity contribution in [3.05, 3.63) is 30.4 Å².